The Bertz CT molecular complexity index is 987. The first-order valence-corrected chi connectivity index (χ1v) is 11.7. The van der Waals surface area contributed by atoms with Crippen molar-refractivity contribution >= 4 is 5.97 Å². The summed E-state index contributed by atoms with van der Waals surface area (Å²) in [5.41, 5.74) is 6.60. The van der Waals surface area contributed by atoms with Gasteiger partial charge in [0, 0.05) is 22.3 Å². The third-order valence-electron chi connectivity index (χ3n) is 6.18. The Morgan fingerprint density at radius 3 is 1.53 bits per heavy atom. The number of para-hydroxylation sites is 2. The molecule has 1 N–H and O–H groups in total. The fourth-order valence-electron chi connectivity index (χ4n) is 4.54. The molecule has 4 nitrogen and oxygen atoms in total. The van der Waals surface area contributed by atoms with Gasteiger partial charge in [-0.05, 0) is 23.7 Å². The summed E-state index contributed by atoms with van der Waals surface area (Å²) in [7, 11) is 0. The SMILES string of the molecule is CC(C)c1cccc(C(C)C)c1-n1cc[n+](-c2c(C(C)C)cccc2C(C)C)c1C(=O)O. The van der Waals surface area contributed by atoms with Crippen LogP contribution in [0.25, 0.3) is 11.4 Å². The van der Waals surface area contributed by atoms with Crippen molar-refractivity contribution in [1.29, 1.82) is 0 Å². The van der Waals surface area contributed by atoms with E-state index in [0.717, 1.165) is 33.6 Å². The summed E-state index contributed by atoms with van der Waals surface area (Å²) in [5.74, 6) is 0.419. The molecule has 170 valence electrons. The molecule has 0 amide bonds. The Morgan fingerprint density at radius 1 is 0.750 bits per heavy atom. The lowest BCUT2D eigenvalue weighted by Gasteiger charge is -2.18. The second-order valence-electron chi connectivity index (χ2n) is 9.86. The van der Waals surface area contributed by atoms with Crippen LogP contribution in [0, 0.1) is 0 Å². The fourth-order valence-corrected chi connectivity index (χ4v) is 4.54. The zero-order valence-corrected chi connectivity index (χ0v) is 20.7. The highest BCUT2D eigenvalue weighted by atomic mass is 16.4. The van der Waals surface area contributed by atoms with Crippen LogP contribution in [0.2, 0.25) is 0 Å². The number of rotatable bonds is 7. The van der Waals surface area contributed by atoms with Crippen molar-refractivity contribution in [1.82, 2.24) is 4.57 Å². The van der Waals surface area contributed by atoms with E-state index in [9.17, 15) is 9.90 Å². The maximum absolute atomic E-state index is 12.7. The molecule has 0 spiro atoms. The number of aromatic nitrogens is 2. The highest BCUT2D eigenvalue weighted by molar-refractivity contribution is 5.83. The lowest BCUT2D eigenvalue weighted by Crippen LogP contribution is -2.39. The van der Waals surface area contributed by atoms with Crippen LogP contribution in [-0.4, -0.2) is 15.6 Å². The molecular weight excluding hydrogens is 396 g/mol. The van der Waals surface area contributed by atoms with Gasteiger partial charge in [0.15, 0.2) is 0 Å². The fraction of sp³-hybridized carbons (Fsp3) is 0.429. The monoisotopic (exact) mass is 433 g/mol. The summed E-state index contributed by atoms with van der Waals surface area (Å²) in [6, 6.07) is 12.6. The molecule has 1 aromatic heterocycles. The van der Waals surface area contributed by atoms with E-state index in [1.54, 1.807) is 0 Å². The van der Waals surface area contributed by atoms with Crippen LogP contribution >= 0.6 is 0 Å². The quantitative estimate of drug-likeness (QED) is 0.410. The minimum Gasteiger partial charge on any atom is -0.472 e. The first-order valence-electron chi connectivity index (χ1n) is 11.7. The normalized spacial score (nSPS) is 11.9. The smallest absolute Gasteiger partial charge is 0.420 e. The number of hydrogen-bond donors (Lipinski definition) is 1. The van der Waals surface area contributed by atoms with Gasteiger partial charge in [-0.2, -0.15) is 9.13 Å². The Labute approximate surface area is 192 Å². The van der Waals surface area contributed by atoms with E-state index >= 15 is 0 Å². The largest absolute Gasteiger partial charge is 0.472 e. The highest BCUT2D eigenvalue weighted by Gasteiger charge is 2.33. The maximum atomic E-state index is 12.7. The van der Waals surface area contributed by atoms with Gasteiger partial charge in [-0.1, -0.05) is 91.8 Å². The summed E-state index contributed by atoms with van der Waals surface area (Å²) < 4.78 is 3.77. The van der Waals surface area contributed by atoms with Crippen molar-refractivity contribution in [3.8, 4) is 11.4 Å². The van der Waals surface area contributed by atoms with Gasteiger partial charge in [0.05, 0.1) is 0 Å². The molecule has 1 heterocycles. The Morgan fingerprint density at radius 2 is 1.16 bits per heavy atom. The summed E-state index contributed by atoms with van der Waals surface area (Å²) in [4.78, 5) is 12.7. The highest BCUT2D eigenvalue weighted by Crippen LogP contribution is 2.33. The number of nitrogens with zero attached hydrogens (tertiary/aromatic N) is 2. The molecule has 32 heavy (non-hydrogen) atoms. The number of carboxylic acid groups (broad SMARTS) is 1. The van der Waals surface area contributed by atoms with Gasteiger partial charge in [0.1, 0.15) is 23.8 Å². The molecule has 0 unspecified atom stereocenters. The summed E-state index contributed by atoms with van der Waals surface area (Å²) in [6.45, 7) is 17.3. The standard InChI is InChI=1S/C28H36N2O2/c1-17(2)21-11-9-12-22(18(3)4)25(21)29-15-16-30(27(29)28(31)32)26-23(19(5)6)13-10-14-24(26)20(7)8/h9-20H,1-8H3/p+1. The predicted octanol–water partition coefficient (Wildman–Crippen LogP) is 6.95. The minimum atomic E-state index is -0.934. The molecule has 0 aliphatic heterocycles. The molecule has 4 heteroatoms. The third-order valence-corrected chi connectivity index (χ3v) is 6.18. The Balaban J connectivity index is 2.43. The number of imidazole rings is 1. The predicted molar refractivity (Wildman–Crippen MR) is 131 cm³/mol. The molecule has 0 aliphatic carbocycles. The van der Waals surface area contributed by atoms with Crippen molar-refractivity contribution in [2.45, 2.75) is 79.1 Å². The van der Waals surface area contributed by atoms with Crippen LogP contribution in [0.5, 0.6) is 0 Å². The second-order valence-corrected chi connectivity index (χ2v) is 9.86. The zero-order valence-electron chi connectivity index (χ0n) is 20.7. The van der Waals surface area contributed by atoms with E-state index in [0.29, 0.717) is 0 Å². The van der Waals surface area contributed by atoms with Crippen molar-refractivity contribution in [3.05, 3.63) is 76.9 Å². The van der Waals surface area contributed by atoms with Gasteiger partial charge in [-0.15, -0.1) is 0 Å². The van der Waals surface area contributed by atoms with Gasteiger partial charge in [-0.3, -0.25) is 0 Å². The van der Waals surface area contributed by atoms with Gasteiger partial charge >= 0.3 is 11.8 Å². The first kappa shape index (κ1) is 23.8. The summed E-state index contributed by atoms with van der Waals surface area (Å²) in [5, 5.41) is 10.4. The molecule has 3 aromatic rings. The Hall–Kier alpha value is -2.88. The van der Waals surface area contributed by atoms with Crippen LogP contribution in [0.15, 0.2) is 48.8 Å². The third kappa shape index (κ3) is 4.23. The topological polar surface area (TPSA) is 46.1 Å². The molecule has 0 atom stereocenters. The van der Waals surface area contributed by atoms with E-state index in [1.165, 1.54) is 0 Å². The second kappa shape index (κ2) is 9.32. The lowest BCUT2D eigenvalue weighted by molar-refractivity contribution is -0.599. The zero-order chi connectivity index (χ0) is 23.7. The number of benzene rings is 2. The van der Waals surface area contributed by atoms with Crippen molar-refractivity contribution in [2.75, 3.05) is 0 Å². The van der Waals surface area contributed by atoms with E-state index in [1.807, 2.05) is 21.5 Å². The van der Waals surface area contributed by atoms with E-state index in [-0.39, 0.29) is 29.5 Å². The molecule has 3 rings (SSSR count). The molecule has 0 aliphatic rings. The molecule has 0 saturated heterocycles. The minimum absolute atomic E-state index is 0.259. The molecule has 0 fully saturated rings. The van der Waals surface area contributed by atoms with E-state index in [4.69, 9.17) is 0 Å². The summed E-state index contributed by atoms with van der Waals surface area (Å²) >= 11 is 0. The molecule has 2 aromatic carbocycles. The van der Waals surface area contributed by atoms with Crippen LogP contribution < -0.4 is 4.57 Å². The number of aromatic carboxylic acids is 1. The van der Waals surface area contributed by atoms with Crippen molar-refractivity contribution < 1.29 is 14.5 Å². The van der Waals surface area contributed by atoms with Gasteiger partial charge in [0.2, 0.25) is 0 Å². The van der Waals surface area contributed by atoms with Crippen molar-refractivity contribution in [3.63, 3.8) is 0 Å². The van der Waals surface area contributed by atoms with Crippen LogP contribution in [-0.2, 0) is 0 Å². The average Bonchev–Trinajstić information content (AvgIpc) is 3.17. The van der Waals surface area contributed by atoms with Crippen LogP contribution in [0.4, 0.5) is 0 Å². The van der Waals surface area contributed by atoms with Crippen LogP contribution in [0.1, 0.15) is 112 Å². The number of hydrogen-bond acceptors (Lipinski definition) is 1. The molecule has 0 radical (unpaired) electrons. The van der Waals surface area contributed by atoms with Crippen LogP contribution in [0.3, 0.4) is 0 Å². The van der Waals surface area contributed by atoms with E-state index in [2.05, 4.69) is 91.8 Å². The average molecular weight is 434 g/mol. The first-order chi connectivity index (χ1) is 15.1. The Kier molecular flexibility index (Phi) is 6.92. The van der Waals surface area contributed by atoms with Gasteiger partial charge < -0.3 is 5.11 Å². The maximum Gasteiger partial charge on any atom is 0.420 e. The van der Waals surface area contributed by atoms with Gasteiger partial charge in [0.25, 0.3) is 0 Å². The van der Waals surface area contributed by atoms with E-state index < -0.39 is 5.97 Å². The van der Waals surface area contributed by atoms with Gasteiger partial charge in [-0.25, -0.2) is 4.79 Å². The number of carboxylic acids is 1. The summed E-state index contributed by atoms with van der Waals surface area (Å²) in [6.07, 6.45) is 3.83. The molecule has 0 bridgehead atoms. The molecular formula is C28H37N2O2+. The molecule has 0 saturated carbocycles. The lowest BCUT2D eigenvalue weighted by atomic mass is 9.92. The number of carbonyl (C=O) groups is 1. The van der Waals surface area contributed by atoms with Crippen molar-refractivity contribution in [2.24, 2.45) is 0 Å².